The van der Waals surface area contributed by atoms with Crippen LogP contribution in [0, 0.1) is 0 Å². The van der Waals surface area contributed by atoms with Crippen LogP contribution in [0.15, 0.2) is 12.7 Å². The number of rotatable bonds is 2. The van der Waals surface area contributed by atoms with E-state index in [0.717, 1.165) is 6.04 Å². The van der Waals surface area contributed by atoms with Gasteiger partial charge in [-0.1, -0.05) is 6.08 Å². The van der Waals surface area contributed by atoms with Crippen LogP contribution in [0.25, 0.3) is 0 Å². The fourth-order valence-electron chi connectivity index (χ4n) is 0.0772. The zero-order valence-corrected chi connectivity index (χ0v) is 7.75. The SMILES string of the molecule is C=CC[SiH2]Cl.CNC. The average molecular weight is 152 g/mol. The van der Waals surface area contributed by atoms with Crippen LogP contribution in [-0.4, -0.2) is 22.9 Å². The van der Waals surface area contributed by atoms with Gasteiger partial charge in [0.2, 0.25) is 0 Å². The molecule has 0 amide bonds. The molecule has 3 heteroatoms. The average Bonchev–Trinajstić information content (AvgIpc) is 1.71. The summed E-state index contributed by atoms with van der Waals surface area (Å²) in [5, 5.41) is 2.75. The topological polar surface area (TPSA) is 12.0 Å². The molecule has 0 saturated heterocycles. The van der Waals surface area contributed by atoms with Crippen LogP contribution in [0.4, 0.5) is 0 Å². The predicted molar refractivity (Wildman–Crippen MR) is 44.4 cm³/mol. The molecule has 0 unspecified atom stereocenters. The van der Waals surface area contributed by atoms with Crippen molar-refractivity contribution in [1.82, 2.24) is 5.32 Å². The van der Waals surface area contributed by atoms with Crippen LogP contribution in [0.2, 0.25) is 6.04 Å². The van der Waals surface area contributed by atoms with Gasteiger partial charge < -0.3 is 5.32 Å². The minimum absolute atomic E-state index is 0.232. The molecular weight excluding hydrogens is 138 g/mol. The highest BCUT2D eigenvalue weighted by molar-refractivity contribution is 6.93. The Morgan fingerprint density at radius 3 is 2.12 bits per heavy atom. The van der Waals surface area contributed by atoms with E-state index in [2.05, 4.69) is 11.9 Å². The van der Waals surface area contributed by atoms with Gasteiger partial charge in [0.25, 0.3) is 0 Å². The highest BCUT2D eigenvalue weighted by Crippen LogP contribution is 1.78. The summed E-state index contributed by atoms with van der Waals surface area (Å²) in [5.74, 6) is 0. The van der Waals surface area contributed by atoms with Gasteiger partial charge >= 0.3 is 0 Å². The standard InChI is InChI=1S/C3H7ClSi.C2H7N/c1-2-3-5-4;1-3-2/h2H,1,3,5H2;3H,1-2H3. The maximum atomic E-state index is 5.37. The van der Waals surface area contributed by atoms with Gasteiger partial charge in [0, 0.05) is 0 Å². The van der Waals surface area contributed by atoms with Crippen molar-refractivity contribution in [2.24, 2.45) is 0 Å². The fraction of sp³-hybridized carbons (Fsp3) is 0.600. The van der Waals surface area contributed by atoms with Crippen LogP contribution in [0.5, 0.6) is 0 Å². The third-order valence-corrected chi connectivity index (χ3v) is 1.59. The Bertz CT molecular complexity index is 41.4. The lowest BCUT2D eigenvalue weighted by Crippen LogP contribution is -1.89. The summed E-state index contributed by atoms with van der Waals surface area (Å²) in [4.78, 5) is 0. The van der Waals surface area contributed by atoms with E-state index in [1.54, 1.807) is 0 Å². The normalized spacial score (nSPS) is 8.38. The van der Waals surface area contributed by atoms with Crippen LogP contribution >= 0.6 is 11.1 Å². The Balaban J connectivity index is 0. The summed E-state index contributed by atoms with van der Waals surface area (Å²) in [6.45, 7) is 3.50. The summed E-state index contributed by atoms with van der Waals surface area (Å²) in [6.07, 6.45) is 1.86. The van der Waals surface area contributed by atoms with Gasteiger partial charge in [0.1, 0.15) is 8.83 Å². The minimum atomic E-state index is -0.232. The Labute approximate surface area is 58.6 Å². The second-order valence-electron chi connectivity index (χ2n) is 1.27. The van der Waals surface area contributed by atoms with Gasteiger partial charge in [-0.3, -0.25) is 0 Å². The number of halogens is 1. The summed E-state index contributed by atoms with van der Waals surface area (Å²) in [7, 11) is 3.52. The van der Waals surface area contributed by atoms with Gasteiger partial charge in [-0.15, -0.1) is 6.58 Å². The molecular formula is C5H14ClNSi. The second kappa shape index (κ2) is 15.7. The van der Waals surface area contributed by atoms with Crippen LogP contribution in [0.1, 0.15) is 0 Å². The molecule has 0 spiro atoms. The van der Waals surface area contributed by atoms with E-state index in [9.17, 15) is 0 Å². The van der Waals surface area contributed by atoms with Crippen molar-refractivity contribution in [3.8, 4) is 0 Å². The maximum absolute atomic E-state index is 5.37. The predicted octanol–water partition coefficient (Wildman–Crippen LogP) is 0.749. The van der Waals surface area contributed by atoms with E-state index in [0.29, 0.717) is 0 Å². The zero-order chi connectivity index (χ0) is 6.83. The molecule has 0 aliphatic carbocycles. The monoisotopic (exact) mass is 151 g/mol. The first-order valence-electron chi connectivity index (χ1n) is 2.58. The van der Waals surface area contributed by atoms with Gasteiger partial charge in [-0.2, -0.15) is 11.1 Å². The third-order valence-electron chi connectivity index (χ3n) is 0.313. The maximum Gasteiger partial charge on any atom is 0.129 e. The van der Waals surface area contributed by atoms with Crippen molar-refractivity contribution < 1.29 is 0 Å². The molecule has 8 heavy (non-hydrogen) atoms. The molecule has 50 valence electrons. The molecule has 0 aromatic rings. The van der Waals surface area contributed by atoms with Crippen LogP contribution < -0.4 is 5.32 Å². The first-order valence-corrected chi connectivity index (χ1v) is 5.72. The van der Waals surface area contributed by atoms with Crippen molar-refractivity contribution in [3.63, 3.8) is 0 Å². The summed E-state index contributed by atoms with van der Waals surface area (Å²) in [6, 6.07) is 1.06. The van der Waals surface area contributed by atoms with Gasteiger partial charge in [0.05, 0.1) is 0 Å². The molecule has 0 radical (unpaired) electrons. The van der Waals surface area contributed by atoms with Crippen LogP contribution in [0.3, 0.4) is 0 Å². The lowest BCUT2D eigenvalue weighted by Gasteiger charge is -1.68. The van der Waals surface area contributed by atoms with Gasteiger partial charge in [-0.25, -0.2) is 0 Å². The molecule has 0 bridgehead atoms. The molecule has 0 aromatic heterocycles. The Morgan fingerprint density at radius 2 is 2.12 bits per heavy atom. The molecule has 0 atom stereocenters. The number of hydrogen-bond acceptors (Lipinski definition) is 1. The van der Waals surface area contributed by atoms with Gasteiger partial charge in [-0.05, 0) is 20.1 Å². The molecule has 1 N–H and O–H groups in total. The zero-order valence-electron chi connectivity index (χ0n) is 5.58. The lowest BCUT2D eigenvalue weighted by atomic mass is 10.8. The summed E-state index contributed by atoms with van der Waals surface area (Å²) in [5.41, 5.74) is 0. The molecule has 0 fully saturated rings. The molecule has 0 aromatic carbocycles. The first kappa shape index (κ1) is 11.1. The van der Waals surface area contributed by atoms with Gasteiger partial charge in [0.15, 0.2) is 0 Å². The number of hydrogen-bond donors (Lipinski definition) is 1. The van der Waals surface area contributed by atoms with Crippen LogP contribution in [-0.2, 0) is 0 Å². The van der Waals surface area contributed by atoms with Crippen molar-refractivity contribution in [2.75, 3.05) is 14.1 Å². The molecule has 0 aliphatic heterocycles. The van der Waals surface area contributed by atoms with E-state index in [-0.39, 0.29) is 8.83 Å². The molecule has 0 aliphatic rings. The van der Waals surface area contributed by atoms with Crippen molar-refractivity contribution in [2.45, 2.75) is 6.04 Å². The number of allylic oxidation sites excluding steroid dienone is 1. The second-order valence-corrected chi connectivity index (χ2v) is 3.36. The largest absolute Gasteiger partial charge is 0.323 e. The number of nitrogens with one attached hydrogen (secondary N) is 1. The summed E-state index contributed by atoms with van der Waals surface area (Å²) >= 11 is 5.37. The van der Waals surface area contributed by atoms with Crippen molar-refractivity contribution in [1.29, 1.82) is 0 Å². The van der Waals surface area contributed by atoms with E-state index < -0.39 is 0 Å². The minimum Gasteiger partial charge on any atom is -0.323 e. The van der Waals surface area contributed by atoms with E-state index >= 15 is 0 Å². The molecule has 0 heterocycles. The Kier molecular flexibility index (Phi) is 21.7. The lowest BCUT2D eigenvalue weighted by molar-refractivity contribution is 1.02. The van der Waals surface area contributed by atoms with E-state index in [4.69, 9.17) is 11.1 Å². The first-order chi connectivity index (χ1) is 3.83. The summed E-state index contributed by atoms with van der Waals surface area (Å²) < 4.78 is 0. The quantitative estimate of drug-likeness (QED) is 0.349. The Hall–Kier alpha value is 0.207. The highest BCUT2D eigenvalue weighted by atomic mass is 35.6. The third kappa shape index (κ3) is 34.6. The molecule has 0 rings (SSSR count). The van der Waals surface area contributed by atoms with Crippen molar-refractivity contribution in [3.05, 3.63) is 12.7 Å². The Morgan fingerprint density at radius 1 is 1.75 bits per heavy atom. The van der Waals surface area contributed by atoms with E-state index in [1.807, 2.05) is 20.2 Å². The molecule has 1 nitrogen and oxygen atoms in total. The molecule has 0 saturated carbocycles. The fourth-order valence-corrected chi connectivity index (χ4v) is 0.694. The van der Waals surface area contributed by atoms with Crippen molar-refractivity contribution >= 4 is 19.9 Å². The van der Waals surface area contributed by atoms with E-state index in [1.165, 1.54) is 0 Å². The highest BCUT2D eigenvalue weighted by Gasteiger charge is 1.66. The smallest absolute Gasteiger partial charge is 0.129 e.